The van der Waals surface area contributed by atoms with Gasteiger partial charge in [-0.25, -0.2) is 19.0 Å². The number of aromatic nitrogens is 1. The Labute approximate surface area is 274 Å². The molecule has 1 aliphatic rings. The summed E-state index contributed by atoms with van der Waals surface area (Å²) in [7, 11) is 1.26. The molecule has 10 nitrogen and oxygen atoms in total. The molecule has 0 radical (unpaired) electrons. The monoisotopic (exact) mass is 660 g/mol. The van der Waals surface area contributed by atoms with Gasteiger partial charge >= 0.3 is 11.9 Å². The lowest BCUT2D eigenvalue weighted by atomic mass is 9.95. The maximum atomic E-state index is 14.0. The van der Waals surface area contributed by atoms with Crippen LogP contribution in [0.1, 0.15) is 43.5 Å². The summed E-state index contributed by atoms with van der Waals surface area (Å²) in [6.07, 6.45) is 1.75. The van der Waals surface area contributed by atoms with Gasteiger partial charge in [0.15, 0.2) is 22.9 Å². The maximum Gasteiger partial charge on any atom is 0.343 e. The van der Waals surface area contributed by atoms with Gasteiger partial charge in [-0.15, -0.1) is 0 Å². The van der Waals surface area contributed by atoms with E-state index >= 15 is 0 Å². The minimum absolute atomic E-state index is 0.138. The zero-order chi connectivity index (χ0) is 33.5. The minimum atomic E-state index is -0.875. The number of halogens is 1. The highest BCUT2D eigenvalue weighted by atomic mass is 32.1. The van der Waals surface area contributed by atoms with Crippen molar-refractivity contribution in [3.63, 3.8) is 0 Å². The van der Waals surface area contributed by atoms with Crippen molar-refractivity contribution in [2.45, 2.75) is 33.4 Å². The third-order valence-corrected chi connectivity index (χ3v) is 8.13. The molecule has 5 rings (SSSR count). The molecule has 0 saturated heterocycles. The molecule has 4 aromatic rings. The molecule has 0 fully saturated rings. The number of hydrogen-bond acceptors (Lipinski definition) is 10. The Balaban J connectivity index is 1.52. The molecule has 2 heterocycles. The summed E-state index contributed by atoms with van der Waals surface area (Å²) in [5.74, 6) is -0.259. The molecular weight excluding hydrogens is 627 g/mol. The van der Waals surface area contributed by atoms with Crippen LogP contribution >= 0.6 is 11.3 Å². The number of fused-ring (bicyclic) bond motifs is 1. The fourth-order valence-corrected chi connectivity index (χ4v) is 6.04. The number of allylic oxidation sites excluding steroid dienone is 1. The number of carbonyl (C=O) groups excluding carboxylic acids is 2. The summed E-state index contributed by atoms with van der Waals surface area (Å²) < 4.78 is 42.7. The normalized spacial score (nSPS) is 14.2. The Morgan fingerprint density at radius 2 is 1.77 bits per heavy atom. The smallest absolute Gasteiger partial charge is 0.343 e. The fourth-order valence-electron chi connectivity index (χ4n) is 4.99. The van der Waals surface area contributed by atoms with Crippen LogP contribution in [0.5, 0.6) is 17.2 Å². The molecule has 3 aromatic carbocycles. The third-order valence-electron chi connectivity index (χ3n) is 7.15. The Morgan fingerprint density at radius 3 is 2.47 bits per heavy atom. The van der Waals surface area contributed by atoms with Crippen LogP contribution in [0.2, 0.25) is 0 Å². The van der Waals surface area contributed by atoms with Crippen molar-refractivity contribution in [3.8, 4) is 17.2 Å². The number of carbonyl (C=O) groups is 2. The molecule has 1 aromatic heterocycles. The van der Waals surface area contributed by atoms with Gasteiger partial charge in [-0.3, -0.25) is 9.36 Å². The first kappa shape index (κ1) is 33.1. The van der Waals surface area contributed by atoms with Gasteiger partial charge in [0.25, 0.3) is 5.56 Å². The van der Waals surface area contributed by atoms with E-state index in [2.05, 4.69) is 9.73 Å². The standard InChI is InChI=1S/C35H33FN2O8S/c1-5-43-28-18-24(12-15-27(28)46-20-30(39)42-4)32-31(34(41)44-6-2)21(3)37-35-38(32)33(40)29(47-35)17-22-10-13-26(14-11-22)45-19-23-8-7-9-25(36)16-23/h7-18,32H,5-6,19-20H2,1-4H3/b29-17-/t32-/m0/s1. The summed E-state index contributed by atoms with van der Waals surface area (Å²) in [6, 6.07) is 17.5. The van der Waals surface area contributed by atoms with Crippen LogP contribution in [0.4, 0.5) is 4.39 Å². The molecule has 12 heteroatoms. The van der Waals surface area contributed by atoms with Gasteiger partial charge in [0.2, 0.25) is 0 Å². The molecule has 0 N–H and O–H groups in total. The zero-order valence-electron chi connectivity index (χ0n) is 26.3. The quantitative estimate of drug-likeness (QED) is 0.205. The second-order valence-corrected chi connectivity index (χ2v) is 11.3. The molecule has 1 aliphatic heterocycles. The molecule has 47 heavy (non-hydrogen) atoms. The van der Waals surface area contributed by atoms with Crippen molar-refractivity contribution < 1.29 is 37.7 Å². The summed E-state index contributed by atoms with van der Waals surface area (Å²) in [5.41, 5.74) is 2.31. The van der Waals surface area contributed by atoms with E-state index in [1.807, 2.05) is 12.1 Å². The maximum absolute atomic E-state index is 14.0. The van der Waals surface area contributed by atoms with Crippen molar-refractivity contribution in [2.75, 3.05) is 26.9 Å². The number of esters is 2. The second kappa shape index (κ2) is 14.9. The first-order chi connectivity index (χ1) is 22.7. The highest BCUT2D eigenvalue weighted by Crippen LogP contribution is 2.36. The van der Waals surface area contributed by atoms with Crippen LogP contribution in [0.25, 0.3) is 6.08 Å². The van der Waals surface area contributed by atoms with Gasteiger partial charge in [-0.2, -0.15) is 0 Å². The topological polar surface area (TPSA) is 115 Å². The van der Waals surface area contributed by atoms with Gasteiger partial charge in [0, 0.05) is 0 Å². The van der Waals surface area contributed by atoms with Crippen molar-refractivity contribution >= 4 is 29.4 Å². The Kier molecular flexibility index (Phi) is 10.5. The molecule has 0 bridgehead atoms. The van der Waals surface area contributed by atoms with E-state index in [1.165, 1.54) is 35.1 Å². The SMILES string of the molecule is CCOC(=O)C1=C(C)N=c2s/c(=C\c3ccc(OCc4cccc(F)c4)cc3)c(=O)n2[C@H]1c1ccc(OCC(=O)OC)c(OCC)c1. The molecule has 244 valence electrons. The van der Waals surface area contributed by atoms with E-state index in [9.17, 15) is 18.8 Å². The lowest BCUT2D eigenvalue weighted by Crippen LogP contribution is -2.40. The minimum Gasteiger partial charge on any atom is -0.490 e. The van der Waals surface area contributed by atoms with Gasteiger partial charge in [0.05, 0.1) is 42.2 Å². The average Bonchev–Trinajstić information content (AvgIpc) is 3.36. The van der Waals surface area contributed by atoms with Crippen LogP contribution in [0.3, 0.4) is 0 Å². The van der Waals surface area contributed by atoms with Crippen LogP contribution in [-0.4, -0.2) is 43.4 Å². The Hall–Kier alpha value is -5.23. The molecule has 0 saturated carbocycles. The molecular formula is C35H33FN2O8S. The molecule has 0 spiro atoms. The molecule has 1 atom stereocenters. The van der Waals surface area contributed by atoms with E-state index in [0.717, 1.165) is 5.56 Å². The number of thiazole rings is 1. The van der Waals surface area contributed by atoms with E-state index in [4.69, 9.17) is 18.9 Å². The van der Waals surface area contributed by atoms with Crippen molar-refractivity contribution in [3.05, 3.63) is 120 Å². The highest BCUT2D eigenvalue weighted by molar-refractivity contribution is 7.07. The lowest BCUT2D eigenvalue weighted by Gasteiger charge is -2.25. The van der Waals surface area contributed by atoms with Gasteiger partial charge in [-0.05, 0) is 79.9 Å². The van der Waals surface area contributed by atoms with Gasteiger partial charge in [0.1, 0.15) is 18.2 Å². The summed E-state index contributed by atoms with van der Waals surface area (Å²) in [4.78, 5) is 44.0. The highest BCUT2D eigenvalue weighted by Gasteiger charge is 2.34. The average molecular weight is 661 g/mol. The summed E-state index contributed by atoms with van der Waals surface area (Å²) in [6.45, 7) is 5.54. The first-order valence-corrected chi connectivity index (χ1v) is 15.7. The van der Waals surface area contributed by atoms with Crippen molar-refractivity contribution in [2.24, 2.45) is 4.99 Å². The molecule has 0 amide bonds. The van der Waals surface area contributed by atoms with Gasteiger partial charge in [-0.1, -0.05) is 41.7 Å². The van der Waals surface area contributed by atoms with E-state index in [1.54, 1.807) is 69.3 Å². The van der Waals surface area contributed by atoms with E-state index in [0.29, 0.717) is 50.0 Å². The molecule has 0 aliphatic carbocycles. The van der Waals surface area contributed by atoms with Crippen molar-refractivity contribution in [1.29, 1.82) is 0 Å². The van der Waals surface area contributed by atoms with Crippen LogP contribution < -0.4 is 29.1 Å². The van der Waals surface area contributed by atoms with Crippen LogP contribution in [0.15, 0.2) is 87.8 Å². The largest absolute Gasteiger partial charge is 0.490 e. The molecule has 0 unspecified atom stereocenters. The number of benzene rings is 3. The zero-order valence-corrected chi connectivity index (χ0v) is 27.1. The number of nitrogens with zero attached hydrogens (tertiary/aromatic N) is 2. The summed E-state index contributed by atoms with van der Waals surface area (Å²) in [5, 5.41) is 0. The predicted octanol–water partition coefficient (Wildman–Crippen LogP) is 4.47. The summed E-state index contributed by atoms with van der Waals surface area (Å²) >= 11 is 1.20. The second-order valence-electron chi connectivity index (χ2n) is 10.3. The first-order valence-electron chi connectivity index (χ1n) is 14.9. The van der Waals surface area contributed by atoms with Gasteiger partial charge < -0.3 is 23.7 Å². The predicted molar refractivity (Wildman–Crippen MR) is 173 cm³/mol. The Bertz CT molecular complexity index is 2000. The fraction of sp³-hybridized carbons (Fsp3) is 0.257. The van der Waals surface area contributed by atoms with E-state index < -0.39 is 18.0 Å². The van der Waals surface area contributed by atoms with Crippen LogP contribution in [-0.2, 0) is 25.7 Å². The number of rotatable bonds is 12. The van der Waals surface area contributed by atoms with E-state index in [-0.39, 0.29) is 36.8 Å². The van der Waals surface area contributed by atoms with Crippen LogP contribution in [0, 0.1) is 5.82 Å². The number of hydrogen-bond donors (Lipinski definition) is 0. The number of ether oxygens (including phenoxy) is 5. The Morgan fingerprint density at radius 1 is 0.979 bits per heavy atom. The lowest BCUT2D eigenvalue weighted by molar-refractivity contribution is -0.143. The third kappa shape index (κ3) is 7.60. The number of methoxy groups -OCH3 is 1. The van der Waals surface area contributed by atoms with Crippen molar-refractivity contribution in [1.82, 2.24) is 4.57 Å².